The monoisotopic (exact) mass is 477 g/mol. The molecule has 1 aromatic carbocycles. The molecule has 2 fully saturated rings. The third kappa shape index (κ3) is 6.16. The Labute approximate surface area is 184 Å². The van der Waals surface area contributed by atoms with Gasteiger partial charge in [0.1, 0.15) is 11.9 Å². The van der Waals surface area contributed by atoms with Gasteiger partial charge in [0.05, 0.1) is 18.8 Å². The zero-order valence-electron chi connectivity index (χ0n) is 17.1. The second-order valence-electron chi connectivity index (χ2n) is 7.86. The second kappa shape index (κ2) is 9.59. The van der Waals surface area contributed by atoms with Crippen molar-refractivity contribution in [3.05, 3.63) is 41.6 Å². The van der Waals surface area contributed by atoms with E-state index in [4.69, 9.17) is 13.9 Å². The number of nitrogens with zero attached hydrogens (tertiary/aromatic N) is 2. The number of carbonyl (C=O) groups excluding carboxylic acids is 1. The topological polar surface area (TPSA) is 95.7 Å². The van der Waals surface area contributed by atoms with Crippen molar-refractivity contribution in [2.75, 3.05) is 13.2 Å². The van der Waals surface area contributed by atoms with Gasteiger partial charge in [0, 0.05) is 12.0 Å². The first-order chi connectivity index (χ1) is 15.7. The van der Waals surface area contributed by atoms with Crippen molar-refractivity contribution in [1.82, 2.24) is 15.5 Å². The van der Waals surface area contributed by atoms with Crippen molar-refractivity contribution in [2.45, 2.75) is 56.2 Å². The number of hydrogen-bond donors (Lipinski definition) is 1. The van der Waals surface area contributed by atoms with E-state index < -0.39 is 42.7 Å². The first-order valence-electron chi connectivity index (χ1n) is 10.2. The number of alkyl halides is 3. The van der Waals surface area contributed by atoms with Crippen LogP contribution < -0.4 is 10.1 Å². The molecule has 1 aromatic heterocycles. The Hall–Kier alpha value is -2.80. The van der Waals surface area contributed by atoms with Gasteiger partial charge in [-0.25, -0.2) is 8.78 Å². The number of rotatable bonds is 7. The van der Waals surface area contributed by atoms with E-state index >= 15 is 0 Å². The number of halogens is 5. The Balaban J connectivity index is 1.18. The van der Waals surface area contributed by atoms with E-state index in [-0.39, 0.29) is 48.9 Å². The van der Waals surface area contributed by atoms with E-state index in [2.05, 4.69) is 20.3 Å². The van der Waals surface area contributed by atoms with Gasteiger partial charge in [-0.3, -0.25) is 9.53 Å². The van der Waals surface area contributed by atoms with Crippen molar-refractivity contribution in [2.24, 2.45) is 0 Å². The summed E-state index contributed by atoms with van der Waals surface area (Å²) < 4.78 is 83.3. The molecule has 180 valence electrons. The number of ether oxygens (including phenoxy) is 3. The zero-order chi connectivity index (χ0) is 23.6. The van der Waals surface area contributed by atoms with Gasteiger partial charge in [0.25, 0.3) is 5.91 Å². The minimum absolute atomic E-state index is 0.144. The average Bonchev–Trinajstić information content (AvgIpc) is 3.19. The predicted octanol–water partition coefficient (Wildman–Crippen LogP) is 3.55. The van der Waals surface area contributed by atoms with Crippen molar-refractivity contribution < 1.29 is 45.4 Å². The van der Waals surface area contributed by atoms with Crippen LogP contribution in [0.3, 0.4) is 0 Å². The Bertz CT molecular complexity index is 971. The second-order valence-corrected chi connectivity index (χ2v) is 7.86. The minimum Gasteiger partial charge on any atom is -0.481 e. The lowest BCUT2D eigenvalue weighted by Crippen LogP contribution is -2.43. The van der Waals surface area contributed by atoms with E-state index in [1.54, 1.807) is 0 Å². The highest BCUT2D eigenvalue weighted by molar-refractivity contribution is 5.77. The molecule has 0 radical (unpaired) electrons. The van der Waals surface area contributed by atoms with Gasteiger partial charge in [-0.15, -0.1) is 23.4 Å². The van der Waals surface area contributed by atoms with Gasteiger partial charge in [-0.05, 0) is 37.8 Å². The fraction of sp³-hybridized carbons (Fsp3) is 0.550. The molecular formula is C20H20F5N3O5. The molecule has 4 rings (SSSR count). The standard InChI is InChI=1S/C20H20F5N3O5/c21-11-1-3-15(14(22)7-11)31-9-17(29)26-12-2-4-16(30-8-12)19-28-27-18(32-19)10-5-13(6-10)33-20(23,24)25/h1,3,7,10,12-13,16H,2,4-6,8-9H2,(H,26,29)/t10?,12-,13?,16+/m0/s1. The molecular weight excluding hydrogens is 457 g/mol. The average molecular weight is 477 g/mol. The van der Waals surface area contributed by atoms with Gasteiger partial charge < -0.3 is 19.2 Å². The summed E-state index contributed by atoms with van der Waals surface area (Å²) in [6.45, 7) is -0.292. The number of carbonyl (C=O) groups is 1. The molecule has 2 atom stereocenters. The normalized spacial score (nSPS) is 25.4. The van der Waals surface area contributed by atoms with Gasteiger partial charge in [-0.2, -0.15) is 0 Å². The summed E-state index contributed by atoms with van der Waals surface area (Å²) >= 11 is 0. The molecule has 8 nitrogen and oxygen atoms in total. The first kappa shape index (κ1) is 23.4. The van der Waals surface area contributed by atoms with Crippen LogP contribution in [0.4, 0.5) is 22.0 Å². The van der Waals surface area contributed by atoms with Crippen LogP contribution in [0.15, 0.2) is 22.6 Å². The molecule has 1 amide bonds. The third-order valence-electron chi connectivity index (χ3n) is 5.37. The molecule has 1 saturated heterocycles. The quantitative estimate of drug-likeness (QED) is 0.610. The lowest BCUT2D eigenvalue weighted by molar-refractivity contribution is -0.352. The van der Waals surface area contributed by atoms with E-state index in [1.165, 1.54) is 0 Å². The highest BCUT2D eigenvalue weighted by atomic mass is 19.4. The fourth-order valence-corrected chi connectivity index (χ4v) is 3.66. The van der Waals surface area contributed by atoms with Gasteiger partial charge >= 0.3 is 6.36 Å². The van der Waals surface area contributed by atoms with Crippen LogP contribution in [0.1, 0.15) is 49.5 Å². The van der Waals surface area contributed by atoms with E-state index in [0.29, 0.717) is 18.9 Å². The molecule has 2 heterocycles. The van der Waals surface area contributed by atoms with Gasteiger partial charge in [0.2, 0.25) is 11.8 Å². The van der Waals surface area contributed by atoms with Crippen LogP contribution in [0.25, 0.3) is 0 Å². The molecule has 1 saturated carbocycles. The summed E-state index contributed by atoms with van der Waals surface area (Å²) in [5, 5.41) is 10.5. The molecule has 1 aliphatic carbocycles. The maximum atomic E-state index is 13.5. The fourth-order valence-electron chi connectivity index (χ4n) is 3.66. The smallest absolute Gasteiger partial charge is 0.481 e. The van der Waals surface area contributed by atoms with Crippen LogP contribution in [0.5, 0.6) is 5.75 Å². The largest absolute Gasteiger partial charge is 0.522 e. The molecule has 0 bridgehead atoms. The Morgan fingerprint density at radius 3 is 2.58 bits per heavy atom. The van der Waals surface area contributed by atoms with E-state index in [0.717, 1.165) is 12.1 Å². The summed E-state index contributed by atoms with van der Waals surface area (Å²) in [6.07, 6.45) is -4.79. The summed E-state index contributed by atoms with van der Waals surface area (Å²) in [5.41, 5.74) is 0. The molecule has 2 aromatic rings. The molecule has 13 heteroatoms. The van der Waals surface area contributed by atoms with Crippen LogP contribution in [-0.2, 0) is 14.3 Å². The lowest BCUT2D eigenvalue weighted by atomic mass is 9.82. The van der Waals surface area contributed by atoms with Crippen molar-refractivity contribution >= 4 is 5.91 Å². The van der Waals surface area contributed by atoms with E-state index in [1.807, 2.05) is 0 Å². The molecule has 2 aliphatic rings. The van der Waals surface area contributed by atoms with Crippen molar-refractivity contribution in [3.63, 3.8) is 0 Å². The maximum Gasteiger partial charge on any atom is 0.522 e. The maximum absolute atomic E-state index is 13.5. The summed E-state index contributed by atoms with van der Waals surface area (Å²) in [4.78, 5) is 12.0. The van der Waals surface area contributed by atoms with E-state index in [9.17, 15) is 26.7 Å². The van der Waals surface area contributed by atoms with Crippen LogP contribution >= 0.6 is 0 Å². The highest BCUT2D eigenvalue weighted by Crippen LogP contribution is 2.41. The van der Waals surface area contributed by atoms with Crippen LogP contribution in [0, 0.1) is 11.6 Å². The molecule has 0 spiro atoms. The van der Waals surface area contributed by atoms with Crippen molar-refractivity contribution in [3.8, 4) is 5.75 Å². The SMILES string of the molecule is O=C(COc1ccc(F)cc1F)N[C@H]1CC[C@H](c2nnc(C3CC(OC(F)(F)F)C3)o2)OC1. The van der Waals surface area contributed by atoms with Gasteiger partial charge in [0.15, 0.2) is 18.2 Å². The first-order valence-corrected chi connectivity index (χ1v) is 10.2. The molecule has 33 heavy (non-hydrogen) atoms. The predicted molar refractivity (Wildman–Crippen MR) is 98.9 cm³/mol. The summed E-state index contributed by atoms with van der Waals surface area (Å²) in [5.74, 6) is -2.20. The molecule has 1 aliphatic heterocycles. The highest BCUT2D eigenvalue weighted by Gasteiger charge is 2.42. The van der Waals surface area contributed by atoms with Crippen molar-refractivity contribution in [1.29, 1.82) is 0 Å². The Morgan fingerprint density at radius 1 is 1.15 bits per heavy atom. The zero-order valence-corrected chi connectivity index (χ0v) is 17.1. The summed E-state index contributed by atoms with van der Waals surface area (Å²) in [6, 6.07) is 2.46. The number of hydrogen-bond acceptors (Lipinski definition) is 7. The Kier molecular flexibility index (Phi) is 6.79. The number of aromatic nitrogens is 2. The third-order valence-corrected chi connectivity index (χ3v) is 5.37. The van der Waals surface area contributed by atoms with Crippen LogP contribution in [-0.4, -0.2) is 47.8 Å². The number of amides is 1. The number of nitrogens with one attached hydrogen (secondary N) is 1. The molecule has 1 N–H and O–H groups in total. The molecule has 0 unspecified atom stereocenters. The van der Waals surface area contributed by atoms with Gasteiger partial charge in [-0.1, -0.05) is 0 Å². The minimum atomic E-state index is -4.67. The van der Waals surface area contributed by atoms with Crippen LogP contribution in [0.2, 0.25) is 0 Å². The summed E-state index contributed by atoms with van der Waals surface area (Å²) in [7, 11) is 0. The lowest BCUT2D eigenvalue weighted by Gasteiger charge is -2.33. The number of benzene rings is 1. The Morgan fingerprint density at radius 2 is 1.91 bits per heavy atom.